The molecule has 1 aromatic heterocycles. The van der Waals surface area contributed by atoms with Crippen molar-refractivity contribution in [2.45, 2.75) is 90.7 Å². The summed E-state index contributed by atoms with van der Waals surface area (Å²) in [4.78, 5) is 1.89. The maximum absolute atomic E-state index is 11.1. The van der Waals surface area contributed by atoms with Crippen molar-refractivity contribution in [1.29, 1.82) is 0 Å². The molecule has 0 amide bonds. The second-order valence-corrected chi connectivity index (χ2v) is 11.8. The average Bonchev–Trinajstić information content (AvgIpc) is 3.39. The molecule has 4 aliphatic carbocycles. The minimum atomic E-state index is -0.568. The molecule has 5 nitrogen and oxygen atoms in total. The Morgan fingerprint density at radius 1 is 1.03 bits per heavy atom. The SMILES string of the molecule is CCOC[C@@]1(O)CC[C@H]2[C@H](CC[C@H]3C4CC[C@H]([C@H](C)Cn5nccn5)C4(C)CC[C@H]23)C1. The minimum absolute atomic E-state index is 0.491. The second kappa shape index (κ2) is 8.44. The summed E-state index contributed by atoms with van der Waals surface area (Å²) in [6.45, 7) is 9.29. The van der Waals surface area contributed by atoms with Gasteiger partial charge in [0.05, 0.1) is 31.1 Å². The molecule has 4 fully saturated rings. The van der Waals surface area contributed by atoms with Gasteiger partial charge in [-0.2, -0.15) is 15.0 Å². The monoisotopic (exact) mass is 429 g/mol. The lowest BCUT2D eigenvalue weighted by atomic mass is 9.48. The fourth-order valence-electron chi connectivity index (χ4n) is 9.08. The van der Waals surface area contributed by atoms with Gasteiger partial charge in [-0.15, -0.1) is 0 Å². The van der Waals surface area contributed by atoms with Crippen LogP contribution in [0.1, 0.15) is 78.6 Å². The van der Waals surface area contributed by atoms with Crippen LogP contribution < -0.4 is 0 Å². The van der Waals surface area contributed by atoms with E-state index in [0.717, 1.165) is 49.0 Å². The molecule has 5 rings (SSSR count). The van der Waals surface area contributed by atoms with E-state index in [9.17, 15) is 5.11 Å². The summed E-state index contributed by atoms with van der Waals surface area (Å²) >= 11 is 0. The molecule has 1 heterocycles. The first kappa shape index (κ1) is 21.9. The van der Waals surface area contributed by atoms with Crippen molar-refractivity contribution in [3.63, 3.8) is 0 Å². The Bertz CT molecular complexity index is 739. The molecule has 0 spiro atoms. The lowest BCUT2D eigenvalue weighted by Gasteiger charge is -2.57. The average molecular weight is 430 g/mol. The molecule has 5 heteroatoms. The van der Waals surface area contributed by atoms with Crippen LogP contribution in [0.5, 0.6) is 0 Å². The highest BCUT2D eigenvalue weighted by atomic mass is 16.5. The molecular formula is C26H43N3O2. The van der Waals surface area contributed by atoms with Crippen LogP contribution in [-0.4, -0.2) is 38.9 Å². The minimum Gasteiger partial charge on any atom is -0.387 e. The van der Waals surface area contributed by atoms with Crippen LogP contribution in [0.3, 0.4) is 0 Å². The number of hydrogen-bond acceptors (Lipinski definition) is 4. The van der Waals surface area contributed by atoms with Crippen molar-refractivity contribution in [2.24, 2.45) is 46.8 Å². The molecule has 0 aromatic carbocycles. The first-order valence-electron chi connectivity index (χ1n) is 13.1. The first-order chi connectivity index (χ1) is 14.9. The molecule has 2 unspecified atom stereocenters. The van der Waals surface area contributed by atoms with Gasteiger partial charge >= 0.3 is 0 Å². The quantitative estimate of drug-likeness (QED) is 0.695. The van der Waals surface area contributed by atoms with Crippen LogP contribution in [0.4, 0.5) is 0 Å². The van der Waals surface area contributed by atoms with Crippen molar-refractivity contribution in [2.75, 3.05) is 13.2 Å². The molecule has 4 saturated carbocycles. The van der Waals surface area contributed by atoms with E-state index in [-0.39, 0.29) is 0 Å². The van der Waals surface area contributed by atoms with Gasteiger partial charge in [-0.1, -0.05) is 13.8 Å². The zero-order valence-corrected chi connectivity index (χ0v) is 19.9. The highest BCUT2D eigenvalue weighted by molar-refractivity contribution is 5.07. The van der Waals surface area contributed by atoms with Gasteiger partial charge in [0, 0.05) is 6.61 Å². The van der Waals surface area contributed by atoms with E-state index in [2.05, 4.69) is 24.0 Å². The summed E-state index contributed by atoms with van der Waals surface area (Å²) in [5, 5.41) is 19.8. The largest absolute Gasteiger partial charge is 0.387 e. The molecule has 174 valence electrons. The first-order valence-corrected chi connectivity index (χ1v) is 13.1. The predicted octanol–water partition coefficient (Wildman–Crippen LogP) is 4.95. The van der Waals surface area contributed by atoms with Gasteiger partial charge in [0.25, 0.3) is 0 Å². The molecule has 31 heavy (non-hydrogen) atoms. The van der Waals surface area contributed by atoms with Gasteiger partial charge in [0.2, 0.25) is 0 Å². The van der Waals surface area contributed by atoms with Crippen molar-refractivity contribution < 1.29 is 9.84 Å². The lowest BCUT2D eigenvalue weighted by Crippen LogP contribution is -2.52. The summed E-state index contributed by atoms with van der Waals surface area (Å²) in [5.74, 6) is 5.70. The van der Waals surface area contributed by atoms with Crippen molar-refractivity contribution in [3.8, 4) is 0 Å². The fourth-order valence-corrected chi connectivity index (χ4v) is 9.08. The van der Waals surface area contributed by atoms with Gasteiger partial charge in [0.1, 0.15) is 0 Å². The Labute approximate surface area is 188 Å². The summed E-state index contributed by atoms with van der Waals surface area (Å²) < 4.78 is 5.64. The topological polar surface area (TPSA) is 60.2 Å². The van der Waals surface area contributed by atoms with E-state index >= 15 is 0 Å². The molecule has 0 aliphatic heterocycles. The van der Waals surface area contributed by atoms with E-state index in [4.69, 9.17) is 4.74 Å². The van der Waals surface area contributed by atoms with Crippen LogP contribution in [-0.2, 0) is 11.3 Å². The second-order valence-electron chi connectivity index (χ2n) is 11.8. The predicted molar refractivity (Wildman–Crippen MR) is 121 cm³/mol. The Morgan fingerprint density at radius 3 is 2.58 bits per heavy atom. The molecule has 1 aromatic rings. The maximum Gasteiger partial charge on any atom is 0.0883 e. The van der Waals surface area contributed by atoms with Gasteiger partial charge in [-0.25, -0.2) is 0 Å². The lowest BCUT2D eigenvalue weighted by molar-refractivity contribution is -0.129. The van der Waals surface area contributed by atoms with E-state index < -0.39 is 5.60 Å². The molecule has 0 radical (unpaired) electrons. The number of fused-ring (bicyclic) bond motifs is 5. The van der Waals surface area contributed by atoms with Crippen LogP contribution in [0.15, 0.2) is 12.4 Å². The third kappa shape index (κ3) is 3.88. The van der Waals surface area contributed by atoms with E-state index in [1.54, 1.807) is 12.4 Å². The highest BCUT2D eigenvalue weighted by Crippen LogP contribution is 2.65. The van der Waals surface area contributed by atoms with Gasteiger partial charge in [0.15, 0.2) is 0 Å². The Hall–Kier alpha value is -0.940. The molecule has 0 bridgehead atoms. The summed E-state index contributed by atoms with van der Waals surface area (Å²) in [6.07, 6.45) is 15.0. The van der Waals surface area contributed by atoms with Crippen LogP contribution in [0.2, 0.25) is 0 Å². The maximum atomic E-state index is 11.1. The number of rotatable bonds is 6. The number of nitrogens with zero attached hydrogens (tertiary/aromatic N) is 3. The normalized spacial score (nSPS) is 45.5. The summed E-state index contributed by atoms with van der Waals surface area (Å²) in [5.41, 5.74) is -0.0768. The van der Waals surface area contributed by atoms with Gasteiger partial charge in [-0.05, 0) is 112 Å². The van der Waals surface area contributed by atoms with Crippen molar-refractivity contribution in [1.82, 2.24) is 15.0 Å². The fraction of sp³-hybridized carbons (Fsp3) is 0.923. The van der Waals surface area contributed by atoms with Crippen LogP contribution in [0.25, 0.3) is 0 Å². The van der Waals surface area contributed by atoms with Crippen molar-refractivity contribution in [3.05, 3.63) is 12.4 Å². The molecule has 1 N–H and O–H groups in total. The van der Waals surface area contributed by atoms with Crippen LogP contribution in [0, 0.1) is 46.8 Å². The van der Waals surface area contributed by atoms with Crippen LogP contribution >= 0.6 is 0 Å². The number of ether oxygens (including phenoxy) is 1. The van der Waals surface area contributed by atoms with E-state index in [1.165, 1.54) is 44.9 Å². The smallest absolute Gasteiger partial charge is 0.0883 e. The zero-order valence-electron chi connectivity index (χ0n) is 19.9. The Balaban J connectivity index is 1.26. The van der Waals surface area contributed by atoms with Gasteiger partial charge < -0.3 is 9.84 Å². The third-order valence-electron chi connectivity index (χ3n) is 10.4. The molecule has 0 saturated heterocycles. The number of aromatic nitrogens is 3. The van der Waals surface area contributed by atoms with Gasteiger partial charge in [-0.3, -0.25) is 0 Å². The highest BCUT2D eigenvalue weighted by Gasteiger charge is 2.58. The van der Waals surface area contributed by atoms with Crippen molar-refractivity contribution >= 4 is 0 Å². The number of hydrogen-bond donors (Lipinski definition) is 1. The Morgan fingerprint density at radius 2 is 1.81 bits per heavy atom. The summed E-state index contributed by atoms with van der Waals surface area (Å²) in [7, 11) is 0. The standard InChI is InChI=1S/C26H43N3O2/c1-4-31-17-26(30)12-10-20-19(15-26)5-6-22-21(20)9-11-25(3)23(7-8-24(22)25)18(2)16-29-27-13-14-28-29/h13-14,18-24,30H,4-12,15-17H2,1-3H3/t18-,19-,20+,21-,22-,23-,24?,25?,26-/m1/s1. The zero-order chi connectivity index (χ0) is 21.6. The molecule has 9 atom stereocenters. The third-order valence-corrected chi connectivity index (χ3v) is 10.4. The van der Waals surface area contributed by atoms with E-state index in [1.807, 2.05) is 11.7 Å². The molecular weight excluding hydrogens is 386 g/mol. The summed E-state index contributed by atoms with van der Waals surface area (Å²) in [6, 6.07) is 0. The Kier molecular flexibility index (Phi) is 5.96. The van der Waals surface area contributed by atoms with E-state index in [0.29, 0.717) is 30.5 Å². The molecule has 4 aliphatic rings. The number of aliphatic hydroxyl groups is 1.